The number of hydrogen-bond acceptors (Lipinski definition) is 1. The molecule has 3 rings (SSSR count). The molecule has 1 N–H and O–H groups in total. The molecule has 0 saturated heterocycles. The van der Waals surface area contributed by atoms with Gasteiger partial charge in [0.25, 0.3) is 0 Å². The Bertz CT molecular complexity index is 423. The summed E-state index contributed by atoms with van der Waals surface area (Å²) in [5.41, 5.74) is 3.59. The molecule has 0 amide bonds. The number of fused-ring (bicyclic) bond motifs is 3. The number of aromatic nitrogens is 1. The fourth-order valence-electron chi connectivity index (χ4n) is 1.78. The maximum atomic E-state index is 5.55. The van der Waals surface area contributed by atoms with Crippen molar-refractivity contribution in [3.05, 3.63) is 53.6 Å². The Morgan fingerprint density at radius 1 is 1.31 bits per heavy atom. The standard InChI is InChI=1S/C11H9NO/c1-2-8-3-4-10-9(5-6-12-10)11(8)13-7-1/h1-7,11-12H. The SMILES string of the molecule is C1=COC2C(=C1)C=Cc1[nH]ccc12. The minimum atomic E-state index is 0.0937. The van der Waals surface area contributed by atoms with E-state index in [1.807, 2.05) is 12.3 Å². The Balaban J connectivity index is 2.17. The van der Waals surface area contributed by atoms with E-state index in [2.05, 4.69) is 29.3 Å². The van der Waals surface area contributed by atoms with Crippen molar-refractivity contribution in [2.45, 2.75) is 6.10 Å². The van der Waals surface area contributed by atoms with E-state index < -0.39 is 0 Å². The van der Waals surface area contributed by atoms with Crippen LogP contribution in [0.1, 0.15) is 17.4 Å². The average Bonchev–Trinajstić information content (AvgIpc) is 2.65. The number of hydrogen-bond donors (Lipinski definition) is 1. The quantitative estimate of drug-likeness (QED) is 0.637. The Morgan fingerprint density at radius 2 is 2.31 bits per heavy atom. The molecule has 2 heteroatoms. The number of allylic oxidation sites excluding steroid dienone is 2. The number of nitrogens with one attached hydrogen (secondary N) is 1. The van der Waals surface area contributed by atoms with Crippen molar-refractivity contribution in [2.75, 3.05) is 0 Å². The summed E-state index contributed by atoms with van der Waals surface area (Å²) in [5.74, 6) is 0. The number of ether oxygens (including phenoxy) is 1. The number of rotatable bonds is 0. The first-order valence-electron chi connectivity index (χ1n) is 4.33. The lowest BCUT2D eigenvalue weighted by atomic mass is 9.95. The summed E-state index contributed by atoms with van der Waals surface area (Å²) in [6, 6.07) is 2.07. The smallest absolute Gasteiger partial charge is 0.150 e. The van der Waals surface area contributed by atoms with Crippen molar-refractivity contribution in [1.29, 1.82) is 0 Å². The summed E-state index contributed by atoms with van der Waals surface area (Å²) in [4.78, 5) is 3.17. The molecule has 1 aliphatic heterocycles. The highest BCUT2D eigenvalue weighted by atomic mass is 16.5. The van der Waals surface area contributed by atoms with Crippen molar-refractivity contribution < 1.29 is 4.74 Å². The van der Waals surface area contributed by atoms with Crippen molar-refractivity contribution in [3.8, 4) is 0 Å². The molecule has 13 heavy (non-hydrogen) atoms. The zero-order valence-corrected chi connectivity index (χ0v) is 7.03. The molecule has 1 aromatic heterocycles. The van der Waals surface area contributed by atoms with Gasteiger partial charge in [0.1, 0.15) is 6.10 Å². The van der Waals surface area contributed by atoms with Crippen LogP contribution < -0.4 is 0 Å². The molecular weight excluding hydrogens is 162 g/mol. The fraction of sp³-hybridized carbons (Fsp3) is 0.0909. The summed E-state index contributed by atoms with van der Waals surface area (Å²) < 4.78 is 5.55. The van der Waals surface area contributed by atoms with Crippen LogP contribution in [0, 0.1) is 0 Å². The van der Waals surface area contributed by atoms with Gasteiger partial charge >= 0.3 is 0 Å². The highest BCUT2D eigenvalue weighted by Gasteiger charge is 2.23. The van der Waals surface area contributed by atoms with Gasteiger partial charge in [0, 0.05) is 17.5 Å². The molecule has 2 heterocycles. The second-order valence-corrected chi connectivity index (χ2v) is 3.19. The first-order valence-corrected chi connectivity index (χ1v) is 4.33. The van der Waals surface area contributed by atoms with Crippen LogP contribution in [0.4, 0.5) is 0 Å². The predicted molar refractivity (Wildman–Crippen MR) is 50.9 cm³/mol. The van der Waals surface area contributed by atoms with Gasteiger partial charge in [-0.05, 0) is 23.8 Å². The van der Waals surface area contributed by atoms with Gasteiger partial charge in [-0.25, -0.2) is 0 Å². The van der Waals surface area contributed by atoms with E-state index in [0.717, 1.165) is 5.69 Å². The Labute approximate surface area is 76.2 Å². The molecule has 0 radical (unpaired) electrons. The van der Waals surface area contributed by atoms with Gasteiger partial charge in [-0.3, -0.25) is 0 Å². The van der Waals surface area contributed by atoms with Gasteiger partial charge in [-0.1, -0.05) is 12.2 Å². The second kappa shape index (κ2) is 2.39. The van der Waals surface area contributed by atoms with Gasteiger partial charge in [0.15, 0.2) is 0 Å². The minimum Gasteiger partial charge on any atom is -0.489 e. The first kappa shape index (κ1) is 6.78. The largest absolute Gasteiger partial charge is 0.489 e. The Kier molecular flexibility index (Phi) is 1.25. The van der Waals surface area contributed by atoms with Crippen LogP contribution in [0.3, 0.4) is 0 Å². The topological polar surface area (TPSA) is 25.0 Å². The Hall–Kier alpha value is -1.70. The van der Waals surface area contributed by atoms with Crippen molar-refractivity contribution in [1.82, 2.24) is 4.98 Å². The van der Waals surface area contributed by atoms with Crippen LogP contribution in [-0.4, -0.2) is 4.98 Å². The summed E-state index contributed by atoms with van der Waals surface area (Å²) in [5, 5.41) is 0. The lowest BCUT2D eigenvalue weighted by molar-refractivity contribution is 0.177. The van der Waals surface area contributed by atoms with E-state index in [1.54, 1.807) is 6.26 Å². The average molecular weight is 171 g/mol. The van der Waals surface area contributed by atoms with Gasteiger partial charge in [0.05, 0.1) is 6.26 Å². The summed E-state index contributed by atoms with van der Waals surface area (Å²) in [7, 11) is 0. The Morgan fingerprint density at radius 3 is 3.31 bits per heavy atom. The predicted octanol–water partition coefficient (Wildman–Crippen LogP) is 2.55. The third-order valence-corrected chi connectivity index (χ3v) is 2.42. The van der Waals surface area contributed by atoms with E-state index in [-0.39, 0.29) is 6.10 Å². The van der Waals surface area contributed by atoms with E-state index >= 15 is 0 Å². The van der Waals surface area contributed by atoms with E-state index in [0.29, 0.717) is 0 Å². The minimum absolute atomic E-state index is 0.0937. The summed E-state index contributed by atoms with van der Waals surface area (Å²) >= 11 is 0. The second-order valence-electron chi connectivity index (χ2n) is 3.19. The van der Waals surface area contributed by atoms with Crippen LogP contribution in [0.2, 0.25) is 0 Å². The molecule has 1 aromatic rings. The van der Waals surface area contributed by atoms with Gasteiger partial charge < -0.3 is 9.72 Å². The zero-order valence-electron chi connectivity index (χ0n) is 7.03. The highest BCUT2D eigenvalue weighted by Crippen LogP contribution is 2.35. The third-order valence-electron chi connectivity index (χ3n) is 2.42. The number of H-pyrrole nitrogens is 1. The molecule has 0 saturated carbocycles. The van der Waals surface area contributed by atoms with Crippen molar-refractivity contribution in [3.63, 3.8) is 0 Å². The lowest BCUT2D eigenvalue weighted by Crippen LogP contribution is -2.08. The molecule has 2 nitrogen and oxygen atoms in total. The van der Waals surface area contributed by atoms with Crippen LogP contribution in [0.25, 0.3) is 6.08 Å². The van der Waals surface area contributed by atoms with Crippen LogP contribution in [0.5, 0.6) is 0 Å². The van der Waals surface area contributed by atoms with Crippen molar-refractivity contribution >= 4 is 6.08 Å². The first-order chi connectivity index (χ1) is 6.45. The summed E-state index contributed by atoms with van der Waals surface area (Å²) in [6.07, 6.45) is 12.0. The molecule has 0 bridgehead atoms. The van der Waals surface area contributed by atoms with E-state index in [9.17, 15) is 0 Å². The van der Waals surface area contributed by atoms with E-state index in [4.69, 9.17) is 4.74 Å². The van der Waals surface area contributed by atoms with Crippen LogP contribution in [0.15, 0.2) is 42.3 Å². The number of aromatic amines is 1. The molecular formula is C11H9NO. The zero-order chi connectivity index (χ0) is 8.67. The molecule has 0 fully saturated rings. The molecule has 64 valence electrons. The van der Waals surface area contributed by atoms with Gasteiger partial charge in [-0.15, -0.1) is 0 Å². The third kappa shape index (κ3) is 0.886. The monoisotopic (exact) mass is 171 g/mol. The molecule has 1 unspecified atom stereocenters. The maximum Gasteiger partial charge on any atom is 0.150 e. The molecule has 1 aliphatic carbocycles. The van der Waals surface area contributed by atoms with E-state index in [1.165, 1.54) is 11.1 Å². The van der Waals surface area contributed by atoms with Crippen LogP contribution >= 0.6 is 0 Å². The van der Waals surface area contributed by atoms with Crippen molar-refractivity contribution in [2.24, 2.45) is 0 Å². The summed E-state index contributed by atoms with van der Waals surface area (Å²) in [6.45, 7) is 0. The maximum absolute atomic E-state index is 5.55. The molecule has 1 atom stereocenters. The molecule has 2 aliphatic rings. The lowest BCUT2D eigenvalue weighted by Gasteiger charge is -2.23. The normalized spacial score (nSPS) is 23.1. The molecule has 0 aromatic carbocycles. The highest BCUT2D eigenvalue weighted by molar-refractivity contribution is 5.61. The van der Waals surface area contributed by atoms with Crippen LogP contribution in [-0.2, 0) is 4.74 Å². The van der Waals surface area contributed by atoms with Gasteiger partial charge in [0.2, 0.25) is 0 Å². The molecule has 0 spiro atoms. The van der Waals surface area contributed by atoms with Gasteiger partial charge in [-0.2, -0.15) is 0 Å². The fourth-order valence-corrected chi connectivity index (χ4v) is 1.78.